The van der Waals surface area contributed by atoms with Gasteiger partial charge in [0.1, 0.15) is 29.6 Å². The Hall–Kier alpha value is -2.77. The van der Waals surface area contributed by atoms with Crippen molar-refractivity contribution in [1.82, 2.24) is 0 Å². The van der Waals surface area contributed by atoms with E-state index in [2.05, 4.69) is 6.92 Å². The lowest BCUT2D eigenvalue weighted by Gasteiger charge is -2.12. The fourth-order valence-electron chi connectivity index (χ4n) is 2.12. The number of rotatable bonds is 8. The van der Waals surface area contributed by atoms with Crippen molar-refractivity contribution in [2.75, 3.05) is 13.2 Å². The monoisotopic (exact) mass is 392 g/mol. The van der Waals surface area contributed by atoms with E-state index in [0.29, 0.717) is 18.8 Å². The molecule has 1 atom stereocenters. The van der Waals surface area contributed by atoms with Gasteiger partial charge in [0.05, 0.1) is 17.2 Å². The predicted molar refractivity (Wildman–Crippen MR) is 105 cm³/mol. The van der Waals surface area contributed by atoms with Crippen molar-refractivity contribution in [3.63, 3.8) is 0 Å². The number of phenols is 3. The summed E-state index contributed by atoms with van der Waals surface area (Å²) in [6.07, 6.45) is 1.98. The van der Waals surface area contributed by atoms with Gasteiger partial charge in [-0.2, -0.15) is 0 Å². The zero-order chi connectivity index (χ0) is 21.1. The number of ketones is 1. The summed E-state index contributed by atoms with van der Waals surface area (Å²) in [7, 11) is 0. The highest BCUT2D eigenvalue weighted by molar-refractivity contribution is 6.12. The Bertz CT molecular complexity index is 756. The topological polar surface area (TPSA) is 127 Å². The van der Waals surface area contributed by atoms with Crippen molar-refractivity contribution in [2.24, 2.45) is 0 Å². The summed E-state index contributed by atoms with van der Waals surface area (Å²) in [4.78, 5) is 12.3. The molecule has 0 radical (unpaired) electrons. The van der Waals surface area contributed by atoms with Gasteiger partial charge in [-0.25, -0.2) is 0 Å². The number of hydrogen-bond donors (Lipinski definition) is 5. The van der Waals surface area contributed by atoms with Crippen LogP contribution in [0.4, 0.5) is 0 Å². The van der Waals surface area contributed by atoms with Crippen molar-refractivity contribution < 1.29 is 35.1 Å². The molecule has 0 bridgehead atoms. The van der Waals surface area contributed by atoms with Gasteiger partial charge in [-0.3, -0.25) is 4.79 Å². The number of carbonyl (C=O) groups excluding carboxylic acids is 1. The first-order valence-electron chi connectivity index (χ1n) is 9.15. The van der Waals surface area contributed by atoms with E-state index in [4.69, 9.17) is 9.84 Å². The molecule has 0 fully saturated rings. The van der Waals surface area contributed by atoms with Crippen LogP contribution < -0.4 is 4.74 Å². The number of aromatic hydroxyl groups is 3. The first kappa shape index (κ1) is 23.3. The molecule has 154 valence electrons. The summed E-state index contributed by atoms with van der Waals surface area (Å²) in [6, 6.07) is 7.73. The maximum Gasteiger partial charge on any atom is 0.200 e. The minimum absolute atomic E-state index is 0.00520. The second kappa shape index (κ2) is 11.8. The molecule has 5 N–H and O–H groups in total. The molecule has 0 aliphatic carbocycles. The second-order valence-electron chi connectivity index (χ2n) is 6.16. The molecular formula is C21H28O7. The zero-order valence-corrected chi connectivity index (χ0v) is 16.1. The molecule has 0 aromatic heterocycles. The Morgan fingerprint density at radius 2 is 1.61 bits per heavy atom. The van der Waals surface area contributed by atoms with Crippen molar-refractivity contribution in [3.05, 3.63) is 47.5 Å². The summed E-state index contributed by atoms with van der Waals surface area (Å²) < 4.78 is 5.32. The number of aliphatic hydroxyl groups excluding tert-OH is 2. The Morgan fingerprint density at radius 3 is 2.07 bits per heavy atom. The van der Waals surface area contributed by atoms with Crippen LogP contribution in [0.2, 0.25) is 0 Å². The normalized spacial score (nSPS) is 11.3. The molecule has 2 rings (SSSR count). The lowest BCUT2D eigenvalue weighted by molar-refractivity contribution is 0.102. The van der Waals surface area contributed by atoms with Crippen molar-refractivity contribution in [2.45, 2.75) is 39.2 Å². The Kier molecular flexibility index (Phi) is 9.84. The first-order valence-corrected chi connectivity index (χ1v) is 9.15. The van der Waals surface area contributed by atoms with Gasteiger partial charge in [-0.05, 0) is 37.1 Å². The molecule has 0 heterocycles. The van der Waals surface area contributed by atoms with Crippen molar-refractivity contribution in [1.29, 1.82) is 0 Å². The lowest BCUT2D eigenvalue weighted by atomic mass is 10.0. The van der Waals surface area contributed by atoms with E-state index < -0.39 is 11.9 Å². The first-order chi connectivity index (χ1) is 13.3. The molecule has 0 saturated carbocycles. The molecule has 1 unspecified atom stereocenters. The van der Waals surface area contributed by atoms with E-state index in [1.165, 1.54) is 30.3 Å². The van der Waals surface area contributed by atoms with Gasteiger partial charge in [-0.15, -0.1) is 0 Å². The molecule has 28 heavy (non-hydrogen) atoms. The van der Waals surface area contributed by atoms with Gasteiger partial charge in [0.25, 0.3) is 0 Å². The third kappa shape index (κ3) is 7.09. The van der Waals surface area contributed by atoms with Crippen molar-refractivity contribution in [3.8, 4) is 23.0 Å². The lowest BCUT2D eigenvalue weighted by Crippen LogP contribution is -2.16. The SMILES string of the molecule is CCC(O)COc1ccc(C(=O)c2ccc(O)cc2O)c(O)c1.CCCCO. The minimum atomic E-state index is -0.604. The third-order valence-electron chi connectivity index (χ3n) is 3.87. The van der Waals surface area contributed by atoms with E-state index in [1.54, 1.807) is 0 Å². The number of hydrogen-bond acceptors (Lipinski definition) is 7. The molecule has 0 spiro atoms. The molecular weight excluding hydrogens is 364 g/mol. The second-order valence-corrected chi connectivity index (χ2v) is 6.16. The molecule has 0 aliphatic heterocycles. The van der Waals surface area contributed by atoms with E-state index in [0.717, 1.165) is 18.9 Å². The summed E-state index contributed by atoms with van der Waals surface area (Å²) in [5.74, 6) is -1.10. The smallest absolute Gasteiger partial charge is 0.200 e. The van der Waals surface area contributed by atoms with Crippen LogP contribution in [0.3, 0.4) is 0 Å². The van der Waals surface area contributed by atoms with Gasteiger partial charge in [0.15, 0.2) is 5.78 Å². The van der Waals surface area contributed by atoms with Gasteiger partial charge >= 0.3 is 0 Å². The standard InChI is InChI=1S/C17H18O6.C4H10O/c1-2-10(18)9-23-12-4-6-14(16(21)8-12)17(22)13-5-3-11(19)7-15(13)20;1-2-3-4-5/h3-8,10,18-21H,2,9H2,1H3;5H,2-4H2,1H3. The maximum absolute atomic E-state index is 12.3. The van der Waals surface area contributed by atoms with E-state index >= 15 is 0 Å². The number of phenolic OH excluding ortho intramolecular Hbond substituents is 3. The number of benzene rings is 2. The van der Waals surface area contributed by atoms with Crippen LogP contribution in [0, 0.1) is 0 Å². The maximum atomic E-state index is 12.3. The highest BCUT2D eigenvalue weighted by Gasteiger charge is 2.18. The highest BCUT2D eigenvalue weighted by Crippen LogP contribution is 2.30. The number of unbranched alkanes of at least 4 members (excludes halogenated alkanes) is 1. The summed E-state index contributed by atoms with van der Waals surface area (Å²) >= 11 is 0. The van der Waals surface area contributed by atoms with E-state index in [1.807, 2.05) is 6.92 Å². The fourth-order valence-corrected chi connectivity index (χ4v) is 2.12. The molecule has 0 aliphatic rings. The quantitative estimate of drug-likeness (QED) is 0.437. The van der Waals surface area contributed by atoms with Crippen LogP contribution in [-0.4, -0.2) is 50.6 Å². The van der Waals surface area contributed by atoms with Crippen LogP contribution in [-0.2, 0) is 0 Å². The minimum Gasteiger partial charge on any atom is -0.508 e. The predicted octanol–water partition coefficient (Wildman–Crippen LogP) is 2.96. The summed E-state index contributed by atoms with van der Waals surface area (Å²) in [5.41, 5.74) is -0.0393. The largest absolute Gasteiger partial charge is 0.508 e. The fraction of sp³-hybridized carbons (Fsp3) is 0.381. The molecule has 2 aromatic rings. The van der Waals surface area contributed by atoms with E-state index in [-0.39, 0.29) is 35.0 Å². The van der Waals surface area contributed by atoms with Crippen LogP contribution in [0.25, 0.3) is 0 Å². The van der Waals surface area contributed by atoms with Crippen LogP contribution >= 0.6 is 0 Å². The summed E-state index contributed by atoms with van der Waals surface area (Å²) in [6.45, 7) is 4.30. The highest BCUT2D eigenvalue weighted by atomic mass is 16.5. The van der Waals surface area contributed by atoms with Crippen LogP contribution in [0.5, 0.6) is 23.0 Å². The molecule has 0 amide bonds. The Morgan fingerprint density at radius 1 is 1.00 bits per heavy atom. The third-order valence-corrected chi connectivity index (χ3v) is 3.87. The van der Waals surface area contributed by atoms with Gasteiger partial charge < -0.3 is 30.3 Å². The van der Waals surface area contributed by atoms with Gasteiger partial charge in [-0.1, -0.05) is 20.3 Å². The molecule has 7 nitrogen and oxygen atoms in total. The van der Waals surface area contributed by atoms with E-state index in [9.17, 15) is 25.2 Å². The summed E-state index contributed by atoms with van der Waals surface area (Å²) in [5, 5.41) is 46.5. The number of aliphatic hydroxyl groups is 2. The average molecular weight is 392 g/mol. The average Bonchev–Trinajstić information content (AvgIpc) is 2.67. The Balaban J connectivity index is 0.000000696. The number of carbonyl (C=O) groups is 1. The van der Waals surface area contributed by atoms with Gasteiger partial charge in [0.2, 0.25) is 0 Å². The van der Waals surface area contributed by atoms with Gasteiger partial charge in [0, 0.05) is 18.7 Å². The number of ether oxygens (including phenoxy) is 1. The molecule has 7 heteroatoms. The van der Waals surface area contributed by atoms with Crippen LogP contribution in [0.1, 0.15) is 49.0 Å². The van der Waals surface area contributed by atoms with Crippen LogP contribution in [0.15, 0.2) is 36.4 Å². The molecule has 2 aromatic carbocycles. The zero-order valence-electron chi connectivity index (χ0n) is 16.1. The molecule has 0 saturated heterocycles. The van der Waals surface area contributed by atoms with Crippen molar-refractivity contribution >= 4 is 5.78 Å². The Labute approximate surface area is 164 Å².